The van der Waals surface area contributed by atoms with Gasteiger partial charge < -0.3 is 14.6 Å². The van der Waals surface area contributed by atoms with Crippen LogP contribution >= 0.6 is 0 Å². The zero-order valence-corrected chi connectivity index (χ0v) is 38.3. The first-order valence-corrected chi connectivity index (χ1v) is 24.8. The number of esters is 2. The van der Waals surface area contributed by atoms with Gasteiger partial charge in [0.25, 0.3) is 0 Å². The van der Waals surface area contributed by atoms with Crippen molar-refractivity contribution in [2.75, 3.05) is 13.2 Å². The predicted molar refractivity (Wildman–Crippen MR) is 251 cm³/mol. The van der Waals surface area contributed by atoms with Crippen LogP contribution in [0.2, 0.25) is 0 Å². The number of carbonyl (C=O) groups is 2. The lowest BCUT2D eigenvalue weighted by atomic mass is 10.0. The van der Waals surface area contributed by atoms with Crippen LogP contribution in [-0.4, -0.2) is 36.4 Å². The van der Waals surface area contributed by atoms with Crippen LogP contribution in [0.3, 0.4) is 0 Å². The monoisotopic (exact) mass is 811 g/mol. The number of unbranched alkanes of at least 4 members (excludes halogenated alkanes) is 27. The molecule has 0 saturated carbocycles. The molecule has 0 spiro atoms. The van der Waals surface area contributed by atoms with Crippen LogP contribution in [0, 0.1) is 0 Å². The zero-order chi connectivity index (χ0) is 42.1. The Balaban J connectivity index is 3.51. The number of rotatable bonds is 45. The molecule has 0 bridgehead atoms. The molecule has 0 aliphatic heterocycles. The van der Waals surface area contributed by atoms with Crippen molar-refractivity contribution >= 4 is 11.9 Å². The van der Waals surface area contributed by atoms with Crippen LogP contribution < -0.4 is 0 Å². The molecule has 0 fully saturated rings. The van der Waals surface area contributed by atoms with Gasteiger partial charge in [-0.1, -0.05) is 235 Å². The summed E-state index contributed by atoms with van der Waals surface area (Å²) in [5.74, 6) is -0.586. The molecule has 1 unspecified atom stereocenters. The number of aliphatic hydroxyl groups excluding tert-OH is 1. The van der Waals surface area contributed by atoms with E-state index in [1.54, 1.807) is 0 Å². The van der Waals surface area contributed by atoms with E-state index < -0.39 is 6.10 Å². The van der Waals surface area contributed by atoms with E-state index in [0.717, 1.165) is 70.6 Å². The van der Waals surface area contributed by atoms with Crippen LogP contribution in [0.25, 0.3) is 0 Å². The van der Waals surface area contributed by atoms with E-state index in [4.69, 9.17) is 9.47 Å². The number of hydrogen-bond donors (Lipinski definition) is 1. The molecule has 0 aliphatic rings. The van der Waals surface area contributed by atoms with Gasteiger partial charge in [-0.15, -0.1) is 0 Å². The summed E-state index contributed by atoms with van der Waals surface area (Å²) in [5, 5.41) is 9.62. The Labute approximate surface area is 360 Å². The number of allylic oxidation sites excluding steroid dienone is 10. The summed E-state index contributed by atoms with van der Waals surface area (Å²) in [4.78, 5) is 24.4. The first kappa shape index (κ1) is 55.6. The third kappa shape index (κ3) is 46.3. The van der Waals surface area contributed by atoms with Gasteiger partial charge in [0.05, 0.1) is 6.61 Å². The molecule has 0 aromatic carbocycles. The molecular formula is C53H94O5. The molecule has 0 aromatic heterocycles. The van der Waals surface area contributed by atoms with Crippen LogP contribution in [0.5, 0.6) is 0 Å². The van der Waals surface area contributed by atoms with Crippen LogP contribution in [0.1, 0.15) is 245 Å². The predicted octanol–water partition coefficient (Wildman–Crippen LogP) is 16.3. The summed E-state index contributed by atoms with van der Waals surface area (Å²) >= 11 is 0. The molecule has 0 rings (SSSR count). The Hall–Kier alpha value is -2.40. The SMILES string of the molecule is CC/C=C\C/C=C\C/C=C\C/C=C\C/C=C\CCCCCCCCCCCCCC(=O)OC(CO)COC(=O)CCCCCCCCCCCCCCCCCCC. The van der Waals surface area contributed by atoms with E-state index in [9.17, 15) is 14.7 Å². The highest BCUT2D eigenvalue weighted by Crippen LogP contribution is 2.16. The van der Waals surface area contributed by atoms with Gasteiger partial charge >= 0.3 is 11.9 Å². The van der Waals surface area contributed by atoms with Gasteiger partial charge in [0.1, 0.15) is 6.61 Å². The number of ether oxygens (including phenoxy) is 2. The summed E-state index contributed by atoms with van der Waals surface area (Å²) in [6.07, 6.45) is 64.5. The lowest BCUT2D eigenvalue weighted by Gasteiger charge is -2.15. The van der Waals surface area contributed by atoms with Crippen LogP contribution in [-0.2, 0) is 19.1 Å². The second kappa shape index (κ2) is 49.0. The second-order valence-corrected chi connectivity index (χ2v) is 16.5. The Bertz CT molecular complexity index is 1010. The van der Waals surface area contributed by atoms with Crippen molar-refractivity contribution in [3.8, 4) is 0 Å². The summed E-state index contributed by atoms with van der Waals surface area (Å²) in [6, 6.07) is 0. The zero-order valence-electron chi connectivity index (χ0n) is 38.3. The minimum atomic E-state index is -0.773. The van der Waals surface area contributed by atoms with E-state index in [1.807, 2.05) is 0 Å². The summed E-state index contributed by atoms with van der Waals surface area (Å²) in [7, 11) is 0. The molecule has 336 valence electrons. The van der Waals surface area contributed by atoms with Gasteiger partial charge in [0.2, 0.25) is 0 Å². The average molecular weight is 811 g/mol. The highest BCUT2D eigenvalue weighted by Gasteiger charge is 2.16. The van der Waals surface area contributed by atoms with Crippen molar-refractivity contribution in [3.63, 3.8) is 0 Å². The molecule has 0 aromatic rings. The van der Waals surface area contributed by atoms with Crippen LogP contribution in [0.15, 0.2) is 60.8 Å². The maximum absolute atomic E-state index is 12.3. The second-order valence-electron chi connectivity index (χ2n) is 16.5. The normalized spacial score (nSPS) is 12.7. The van der Waals surface area contributed by atoms with Crippen molar-refractivity contribution in [1.82, 2.24) is 0 Å². The van der Waals surface area contributed by atoms with Gasteiger partial charge in [-0.2, -0.15) is 0 Å². The fourth-order valence-corrected chi connectivity index (χ4v) is 7.11. The maximum Gasteiger partial charge on any atom is 0.306 e. The standard InChI is InChI=1S/C53H94O5/c1-3-5-7-9-11-13-15-17-19-21-22-23-24-25-26-27-28-29-30-32-34-36-38-40-42-44-46-48-53(56)58-51(49-54)50-57-52(55)47-45-43-41-39-37-35-33-31-20-18-16-14-12-10-8-6-4-2/h5,7,11,13,17,19,22-23,25-26,51,54H,3-4,6,8-10,12,14-16,18,20-21,24,27-50H2,1-2H3/b7-5-,13-11-,19-17-,23-22-,26-25-. The fourth-order valence-electron chi connectivity index (χ4n) is 7.11. The van der Waals surface area contributed by atoms with E-state index >= 15 is 0 Å². The molecule has 5 heteroatoms. The Morgan fingerprint density at radius 3 is 1.12 bits per heavy atom. The van der Waals surface area contributed by atoms with Crippen molar-refractivity contribution in [2.45, 2.75) is 251 Å². The molecular weight excluding hydrogens is 717 g/mol. The van der Waals surface area contributed by atoms with Gasteiger partial charge in [0, 0.05) is 12.8 Å². The minimum Gasteiger partial charge on any atom is -0.462 e. The lowest BCUT2D eigenvalue weighted by molar-refractivity contribution is -0.161. The molecule has 1 atom stereocenters. The first-order chi connectivity index (χ1) is 28.6. The summed E-state index contributed by atoms with van der Waals surface area (Å²) in [5.41, 5.74) is 0. The van der Waals surface area contributed by atoms with E-state index in [-0.39, 0.29) is 25.2 Å². The average Bonchev–Trinajstić information content (AvgIpc) is 3.23. The number of carbonyl (C=O) groups excluding carboxylic acids is 2. The third-order valence-corrected chi connectivity index (χ3v) is 10.8. The number of hydrogen-bond acceptors (Lipinski definition) is 5. The van der Waals surface area contributed by atoms with E-state index in [0.29, 0.717) is 12.8 Å². The lowest BCUT2D eigenvalue weighted by Crippen LogP contribution is -2.28. The van der Waals surface area contributed by atoms with Crippen molar-refractivity contribution < 1.29 is 24.2 Å². The molecule has 0 radical (unpaired) electrons. The third-order valence-electron chi connectivity index (χ3n) is 10.8. The molecule has 1 N–H and O–H groups in total. The molecule has 0 saturated heterocycles. The van der Waals surface area contributed by atoms with E-state index in [1.165, 1.54) is 148 Å². The Kier molecular flexibility index (Phi) is 46.9. The van der Waals surface area contributed by atoms with E-state index in [2.05, 4.69) is 74.6 Å². The number of aliphatic hydroxyl groups is 1. The highest BCUT2D eigenvalue weighted by atomic mass is 16.6. The van der Waals surface area contributed by atoms with Gasteiger partial charge in [-0.3, -0.25) is 9.59 Å². The van der Waals surface area contributed by atoms with Gasteiger partial charge in [0.15, 0.2) is 6.10 Å². The van der Waals surface area contributed by atoms with Gasteiger partial charge in [-0.25, -0.2) is 0 Å². The molecule has 0 heterocycles. The molecule has 0 amide bonds. The Morgan fingerprint density at radius 1 is 0.414 bits per heavy atom. The minimum absolute atomic E-state index is 0.0651. The summed E-state index contributed by atoms with van der Waals surface area (Å²) < 4.78 is 10.7. The Morgan fingerprint density at radius 2 is 0.741 bits per heavy atom. The van der Waals surface area contributed by atoms with Gasteiger partial charge in [-0.05, 0) is 57.8 Å². The molecule has 5 nitrogen and oxygen atoms in total. The highest BCUT2D eigenvalue weighted by molar-refractivity contribution is 5.70. The largest absolute Gasteiger partial charge is 0.462 e. The molecule has 0 aliphatic carbocycles. The smallest absolute Gasteiger partial charge is 0.306 e. The fraction of sp³-hybridized carbons (Fsp3) is 0.774. The van der Waals surface area contributed by atoms with Crippen molar-refractivity contribution in [3.05, 3.63) is 60.8 Å². The topological polar surface area (TPSA) is 72.8 Å². The summed E-state index contributed by atoms with van der Waals surface area (Å²) in [6.45, 7) is 4.05. The van der Waals surface area contributed by atoms with Crippen molar-refractivity contribution in [1.29, 1.82) is 0 Å². The maximum atomic E-state index is 12.3. The first-order valence-electron chi connectivity index (χ1n) is 24.8. The molecule has 58 heavy (non-hydrogen) atoms. The van der Waals surface area contributed by atoms with Crippen LogP contribution in [0.4, 0.5) is 0 Å². The quantitative estimate of drug-likeness (QED) is 0.0377. The van der Waals surface area contributed by atoms with Crippen molar-refractivity contribution in [2.24, 2.45) is 0 Å².